The van der Waals surface area contributed by atoms with E-state index in [9.17, 15) is 45.6 Å². The van der Waals surface area contributed by atoms with E-state index in [-0.39, 0.29) is 17.1 Å². The maximum absolute atomic E-state index is 12.0. The fraction of sp³-hybridized carbons (Fsp3) is 0.667. The van der Waals surface area contributed by atoms with Gasteiger partial charge in [0.05, 0.1) is 20.3 Å². The number of aromatic hydroxyl groups is 1. The van der Waals surface area contributed by atoms with Crippen LogP contribution in [-0.4, -0.2) is 128 Å². The Bertz CT molecular complexity index is 878. The minimum absolute atomic E-state index is 0.121. The molecule has 0 radical (unpaired) electrons. The Hall–Kier alpha value is -2.11. The second kappa shape index (κ2) is 11.3. The molecule has 0 aromatic heterocycles. The molecule has 14 heteroatoms. The standard InChI is InChI=1S/C21H30O14/c1-7(23)13-9(24)3-8(31-2)4-10(13)33-21-19(30)17(28)15(26)12(35-21)6-32-20-18(29)16(27)14(25)11(5-22)34-20/h3-4,11-12,14-22,24-30H,5-6H2,1-2H3/t11-,12-,14+,15+,16+,17+,18+,19+,20+,21-/m0/s1. The zero-order valence-electron chi connectivity index (χ0n) is 18.9. The molecule has 1 aromatic carbocycles. The maximum Gasteiger partial charge on any atom is 0.229 e. The third kappa shape index (κ3) is 5.67. The van der Waals surface area contributed by atoms with Gasteiger partial charge in [0.2, 0.25) is 6.29 Å². The second-order valence-corrected chi connectivity index (χ2v) is 8.24. The lowest BCUT2D eigenvalue weighted by Crippen LogP contribution is -2.62. The topological polar surface area (TPSA) is 225 Å². The van der Waals surface area contributed by atoms with Crippen LogP contribution in [0.15, 0.2) is 12.1 Å². The van der Waals surface area contributed by atoms with Crippen molar-refractivity contribution in [3.8, 4) is 17.2 Å². The normalized spacial score (nSPS) is 37.6. The molecule has 8 N–H and O–H groups in total. The van der Waals surface area contributed by atoms with Crippen LogP contribution in [0.2, 0.25) is 0 Å². The highest BCUT2D eigenvalue weighted by molar-refractivity contribution is 5.99. The van der Waals surface area contributed by atoms with E-state index in [2.05, 4.69) is 0 Å². The molecule has 0 unspecified atom stereocenters. The number of ether oxygens (including phenoxy) is 5. The van der Waals surface area contributed by atoms with E-state index in [1.807, 2.05) is 0 Å². The highest BCUT2D eigenvalue weighted by atomic mass is 16.7. The van der Waals surface area contributed by atoms with Gasteiger partial charge in [-0.05, 0) is 6.92 Å². The van der Waals surface area contributed by atoms with Crippen LogP contribution in [-0.2, 0) is 14.2 Å². The Morgan fingerprint density at radius 2 is 1.46 bits per heavy atom. The van der Waals surface area contributed by atoms with E-state index in [4.69, 9.17) is 23.7 Å². The zero-order chi connectivity index (χ0) is 26.0. The largest absolute Gasteiger partial charge is 0.507 e. The van der Waals surface area contributed by atoms with E-state index in [1.54, 1.807) is 0 Å². The van der Waals surface area contributed by atoms with Gasteiger partial charge in [0.25, 0.3) is 0 Å². The van der Waals surface area contributed by atoms with Gasteiger partial charge in [-0.1, -0.05) is 0 Å². The molecular weight excluding hydrogens is 476 g/mol. The molecule has 2 heterocycles. The number of aliphatic hydroxyl groups is 7. The Morgan fingerprint density at radius 1 is 0.886 bits per heavy atom. The van der Waals surface area contributed by atoms with Gasteiger partial charge in [-0.2, -0.15) is 0 Å². The van der Waals surface area contributed by atoms with E-state index < -0.39 is 86.2 Å². The summed E-state index contributed by atoms with van der Waals surface area (Å²) in [5.74, 6) is -1.14. The summed E-state index contributed by atoms with van der Waals surface area (Å²) in [5, 5.41) is 80.2. The lowest BCUT2D eigenvalue weighted by Gasteiger charge is -2.42. The number of ketones is 1. The number of carbonyl (C=O) groups is 1. The van der Waals surface area contributed by atoms with Gasteiger partial charge in [0.15, 0.2) is 12.1 Å². The Kier molecular flexibility index (Phi) is 8.87. The molecule has 2 saturated heterocycles. The number of rotatable bonds is 8. The predicted octanol–water partition coefficient (Wildman–Crippen LogP) is -3.39. The number of aliphatic hydroxyl groups excluding tert-OH is 7. The average molecular weight is 506 g/mol. The summed E-state index contributed by atoms with van der Waals surface area (Å²) in [4.78, 5) is 12.0. The van der Waals surface area contributed by atoms with Crippen LogP contribution in [0.1, 0.15) is 17.3 Å². The summed E-state index contributed by atoms with van der Waals surface area (Å²) in [7, 11) is 1.31. The molecule has 14 nitrogen and oxygen atoms in total. The molecule has 10 atom stereocenters. The Balaban J connectivity index is 1.76. The summed E-state index contributed by atoms with van der Waals surface area (Å²) in [5.41, 5.74) is -0.240. The first-order valence-electron chi connectivity index (χ1n) is 10.7. The van der Waals surface area contributed by atoms with Crippen LogP contribution in [0, 0.1) is 0 Å². The van der Waals surface area contributed by atoms with Crippen LogP contribution in [0.3, 0.4) is 0 Å². The first-order chi connectivity index (χ1) is 16.5. The zero-order valence-corrected chi connectivity index (χ0v) is 18.9. The maximum atomic E-state index is 12.0. The van der Waals surface area contributed by atoms with Crippen molar-refractivity contribution < 1.29 is 69.3 Å². The quantitative estimate of drug-likeness (QED) is 0.161. The molecule has 3 rings (SSSR count). The van der Waals surface area contributed by atoms with Crippen molar-refractivity contribution in [1.29, 1.82) is 0 Å². The number of hydrogen-bond acceptors (Lipinski definition) is 14. The summed E-state index contributed by atoms with van der Waals surface area (Å²) in [6, 6.07) is 2.43. The van der Waals surface area contributed by atoms with Crippen molar-refractivity contribution in [1.82, 2.24) is 0 Å². The molecule has 2 fully saturated rings. The number of benzene rings is 1. The molecule has 2 aliphatic rings. The molecular formula is C21H30O14. The van der Waals surface area contributed by atoms with Crippen LogP contribution in [0.5, 0.6) is 17.2 Å². The average Bonchev–Trinajstić information content (AvgIpc) is 2.82. The van der Waals surface area contributed by atoms with Crippen molar-refractivity contribution in [3.63, 3.8) is 0 Å². The van der Waals surface area contributed by atoms with Crippen LogP contribution >= 0.6 is 0 Å². The second-order valence-electron chi connectivity index (χ2n) is 8.24. The molecule has 2 aliphatic heterocycles. The lowest BCUT2D eigenvalue weighted by atomic mass is 9.98. The van der Waals surface area contributed by atoms with E-state index in [0.717, 1.165) is 0 Å². The summed E-state index contributed by atoms with van der Waals surface area (Å²) < 4.78 is 26.7. The minimum Gasteiger partial charge on any atom is -0.507 e. The Labute approximate surface area is 199 Å². The minimum atomic E-state index is -1.79. The van der Waals surface area contributed by atoms with Gasteiger partial charge in [0, 0.05) is 12.1 Å². The summed E-state index contributed by atoms with van der Waals surface area (Å²) in [6.07, 6.45) is -16.1. The predicted molar refractivity (Wildman–Crippen MR) is 112 cm³/mol. The molecule has 198 valence electrons. The number of phenols is 1. The van der Waals surface area contributed by atoms with Crippen molar-refractivity contribution in [2.24, 2.45) is 0 Å². The van der Waals surface area contributed by atoms with Gasteiger partial charge in [-0.15, -0.1) is 0 Å². The highest BCUT2D eigenvalue weighted by Crippen LogP contribution is 2.36. The van der Waals surface area contributed by atoms with Crippen LogP contribution in [0.4, 0.5) is 0 Å². The van der Waals surface area contributed by atoms with E-state index in [1.165, 1.54) is 26.2 Å². The monoisotopic (exact) mass is 506 g/mol. The lowest BCUT2D eigenvalue weighted by molar-refractivity contribution is -0.323. The van der Waals surface area contributed by atoms with Crippen LogP contribution in [0.25, 0.3) is 0 Å². The highest BCUT2D eigenvalue weighted by Gasteiger charge is 2.48. The van der Waals surface area contributed by atoms with Gasteiger partial charge < -0.3 is 64.5 Å². The Morgan fingerprint density at radius 3 is 2.03 bits per heavy atom. The molecule has 0 aliphatic carbocycles. The third-order valence-electron chi connectivity index (χ3n) is 5.83. The number of phenolic OH excluding ortho intramolecular Hbond substituents is 1. The molecule has 0 bridgehead atoms. The van der Waals surface area contributed by atoms with Gasteiger partial charge in [0.1, 0.15) is 71.6 Å². The fourth-order valence-corrected chi connectivity index (χ4v) is 3.81. The van der Waals surface area contributed by atoms with Crippen molar-refractivity contribution in [3.05, 3.63) is 17.7 Å². The van der Waals surface area contributed by atoms with Gasteiger partial charge in [-0.3, -0.25) is 4.79 Å². The number of carbonyl (C=O) groups excluding carboxylic acids is 1. The van der Waals surface area contributed by atoms with Crippen molar-refractivity contribution >= 4 is 5.78 Å². The molecule has 35 heavy (non-hydrogen) atoms. The van der Waals surface area contributed by atoms with Crippen molar-refractivity contribution in [2.75, 3.05) is 20.3 Å². The van der Waals surface area contributed by atoms with Gasteiger partial charge >= 0.3 is 0 Å². The molecule has 1 aromatic rings. The van der Waals surface area contributed by atoms with Gasteiger partial charge in [-0.25, -0.2) is 0 Å². The number of Topliss-reactive ketones (excluding diaryl/α,β-unsaturated/α-hetero) is 1. The molecule has 0 spiro atoms. The molecule has 0 amide bonds. The van der Waals surface area contributed by atoms with Crippen LogP contribution < -0.4 is 9.47 Å². The summed E-state index contributed by atoms with van der Waals surface area (Å²) >= 11 is 0. The SMILES string of the molecule is COc1cc(O)c(C(C)=O)c(O[C@H]2O[C@@H](CO[C@@H]3O[C@@H](CO)[C@@H](O)[C@@H](O)[C@H]3O)[C@@H](O)[C@@H](O)[C@H]2O)c1. The first kappa shape index (κ1) is 27.5. The number of methoxy groups -OCH3 is 1. The third-order valence-corrected chi connectivity index (χ3v) is 5.83. The smallest absolute Gasteiger partial charge is 0.229 e. The first-order valence-corrected chi connectivity index (χ1v) is 10.7. The fourth-order valence-electron chi connectivity index (χ4n) is 3.81. The molecule has 0 saturated carbocycles. The van der Waals surface area contributed by atoms with Crippen molar-refractivity contribution in [2.45, 2.75) is 68.3 Å². The summed E-state index contributed by atoms with van der Waals surface area (Å²) in [6.45, 7) is -0.0707. The van der Waals surface area contributed by atoms with E-state index >= 15 is 0 Å². The number of hydrogen-bond donors (Lipinski definition) is 8. The van der Waals surface area contributed by atoms with E-state index in [0.29, 0.717) is 0 Å².